The Bertz CT molecular complexity index is 1040. The fourth-order valence-corrected chi connectivity index (χ4v) is 3.97. The third-order valence-corrected chi connectivity index (χ3v) is 6.00. The van der Waals surface area contributed by atoms with Crippen LogP contribution in [0.4, 0.5) is 0 Å². The van der Waals surface area contributed by atoms with Crippen LogP contribution in [-0.2, 0) is 26.7 Å². The Hall–Kier alpha value is -2.46. The largest absolute Gasteiger partial charge is 0.349 e. The van der Waals surface area contributed by atoms with E-state index in [1.54, 1.807) is 0 Å². The molecule has 176 valence electrons. The normalized spacial score (nSPS) is 14.8. The quantitative estimate of drug-likeness (QED) is 0.285. The zero-order valence-corrected chi connectivity index (χ0v) is 22.1. The monoisotopic (exact) mass is 559 g/mol. The van der Waals surface area contributed by atoms with E-state index in [4.69, 9.17) is 4.99 Å². The van der Waals surface area contributed by atoms with Crippen molar-refractivity contribution < 1.29 is 0 Å². The first-order valence-electron chi connectivity index (χ1n) is 11.3. The molecule has 0 spiro atoms. The van der Waals surface area contributed by atoms with Crippen molar-refractivity contribution in [2.24, 2.45) is 12.0 Å². The maximum Gasteiger partial charge on any atom is 0.194 e. The summed E-state index contributed by atoms with van der Waals surface area (Å²) in [6.07, 6.45) is 0. The first kappa shape index (κ1) is 25.2. The van der Waals surface area contributed by atoms with Gasteiger partial charge < -0.3 is 14.8 Å². The Kier molecular flexibility index (Phi) is 9.25. The van der Waals surface area contributed by atoms with Crippen molar-refractivity contribution in [1.82, 2.24) is 29.9 Å². The van der Waals surface area contributed by atoms with Crippen LogP contribution >= 0.6 is 24.0 Å². The molecule has 3 aromatic rings. The van der Waals surface area contributed by atoms with Gasteiger partial charge in [0.25, 0.3) is 0 Å². The van der Waals surface area contributed by atoms with Crippen molar-refractivity contribution in [3.63, 3.8) is 0 Å². The van der Waals surface area contributed by atoms with Crippen LogP contribution in [0, 0.1) is 13.8 Å². The third kappa shape index (κ3) is 7.01. The van der Waals surface area contributed by atoms with Crippen LogP contribution in [-0.4, -0.2) is 56.7 Å². The fraction of sp³-hybridized carbons (Fsp3) is 0.400. The lowest BCUT2D eigenvalue weighted by Crippen LogP contribution is -2.52. The molecule has 7 nitrogen and oxygen atoms in total. The predicted octanol–water partition coefficient (Wildman–Crippen LogP) is 3.51. The molecule has 0 atom stereocenters. The minimum absolute atomic E-state index is 0. The topological polar surface area (TPSA) is 61.6 Å². The minimum atomic E-state index is 0. The Balaban J connectivity index is 0.00000306. The van der Waals surface area contributed by atoms with E-state index in [1.165, 1.54) is 16.7 Å². The fourth-order valence-electron chi connectivity index (χ4n) is 3.97. The molecular weight excluding hydrogens is 525 g/mol. The van der Waals surface area contributed by atoms with Crippen LogP contribution < -0.4 is 5.32 Å². The second-order valence-electron chi connectivity index (χ2n) is 8.45. The maximum absolute atomic E-state index is 4.95. The molecule has 4 rings (SSSR count). The first-order valence-corrected chi connectivity index (χ1v) is 11.3. The van der Waals surface area contributed by atoms with E-state index < -0.39 is 0 Å². The number of guanidine groups is 1. The lowest BCUT2D eigenvalue weighted by Gasteiger charge is -2.36. The van der Waals surface area contributed by atoms with Crippen molar-refractivity contribution in [1.29, 1.82) is 0 Å². The number of benzene rings is 2. The van der Waals surface area contributed by atoms with Gasteiger partial charge in [0.1, 0.15) is 5.82 Å². The smallest absolute Gasteiger partial charge is 0.194 e. The summed E-state index contributed by atoms with van der Waals surface area (Å²) in [5.41, 5.74) is 3.91. The lowest BCUT2D eigenvalue weighted by atomic mass is 10.1. The van der Waals surface area contributed by atoms with E-state index in [2.05, 4.69) is 80.8 Å². The summed E-state index contributed by atoms with van der Waals surface area (Å²) in [7, 11) is 2.00. The Morgan fingerprint density at radius 3 is 2.33 bits per heavy atom. The zero-order chi connectivity index (χ0) is 22.3. The van der Waals surface area contributed by atoms with Gasteiger partial charge in [-0.3, -0.25) is 4.90 Å². The van der Waals surface area contributed by atoms with Gasteiger partial charge >= 0.3 is 0 Å². The van der Waals surface area contributed by atoms with E-state index in [0.717, 1.165) is 50.3 Å². The maximum atomic E-state index is 4.95. The van der Waals surface area contributed by atoms with Crippen LogP contribution in [0.5, 0.6) is 0 Å². The number of hydrogen-bond acceptors (Lipinski definition) is 4. The summed E-state index contributed by atoms with van der Waals surface area (Å²) in [6.45, 7) is 10.3. The van der Waals surface area contributed by atoms with E-state index in [0.29, 0.717) is 13.1 Å². The number of halogens is 1. The van der Waals surface area contributed by atoms with Crippen LogP contribution in [0.15, 0.2) is 59.6 Å². The number of nitrogens with zero attached hydrogens (tertiary/aromatic N) is 6. The first-order chi connectivity index (χ1) is 15.6. The highest BCUT2D eigenvalue weighted by atomic mass is 127. The van der Waals surface area contributed by atoms with Crippen molar-refractivity contribution in [3.05, 3.63) is 82.9 Å². The summed E-state index contributed by atoms with van der Waals surface area (Å²) >= 11 is 0. The second-order valence-corrected chi connectivity index (χ2v) is 8.45. The Labute approximate surface area is 213 Å². The summed E-state index contributed by atoms with van der Waals surface area (Å²) < 4.78 is 2.02. The molecule has 0 saturated carbocycles. The summed E-state index contributed by atoms with van der Waals surface area (Å²) in [5, 5.41) is 12.0. The lowest BCUT2D eigenvalue weighted by molar-refractivity contribution is 0.172. The van der Waals surface area contributed by atoms with Gasteiger partial charge in [0.15, 0.2) is 11.8 Å². The third-order valence-electron chi connectivity index (χ3n) is 6.00. The molecule has 2 heterocycles. The predicted molar refractivity (Wildman–Crippen MR) is 144 cm³/mol. The van der Waals surface area contributed by atoms with Crippen LogP contribution in [0.25, 0.3) is 0 Å². The number of piperazine rings is 1. The van der Waals surface area contributed by atoms with Crippen molar-refractivity contribution in [2.45, 2.75) is 33.5 Å². The molecule has 0 unspecified atom stereocenters. The van der Waals surface area contributed by atoms with Gasteiger partial charge in [-0.1, -0.05) is 60.2 Å². The van der Waals surface area contributed by atoms with Crippen LogP contribution in [0.3, 0.4) is 0 Å². The van der Waals surface area contributed by atoms with E-state index in [1.807, 2.05) is 24.6 Å². The SMILES string of the molecule is Cc1cccc(CN2CCN(C(=NCc3ccccc3)NCc3nnc(C)n3C)CC2)c1.I. The molecule has 1 saturated heterocycles. The van der Waals surface area contributed by atoms with Gasteiger partial charge in [0.2, 0.25) is 0 Å². The molecule has 1 fully saturated rings. The molecule has 1 aliphatic heterocycles. The van der Waals surface area contributed by atoms with Gasteiger partial charge in [-0.2, -0.15) is 0 Å². The molecule has 0 radical (unpaired) electrons. The molecule has 2 aromatic carbocycles. The standard InChI is InChI=1S/C25H33N7.HI/c1-20-8-7-11-23(16-20)19-31-12-14-32(15-13-31)25(26-17-22-9-5-4-6-10-22)27-18-24-29-28-21(2)30(24)3;/h4-11,16H,12-15,17-19H2,1-3H3,(H,26,27);1H. The Morgan fingerprint density at radius 2 is 1.67 bits per heavy atom. The summed E-state index contributed by atoms with van der Waals surface area (Å²) in [5.74, 6) is 2.76. The van der Waals surface area contributed by atoms with Crippen molar-refractivity contribution >= 4 is 29.9 Å². The van der Waals surface area contributed by atoms with E-state index in [-0.39, 0.29) is 24.0 Å². The van der Waals surface area contributed by atoms with E-state index in [9.17, 15) is 0 Å². The number of aliphatic imine (C=N–C) groups is 1. The molecule has 0 aliphatic carbocycles. The minimum Gasteiger partial charge on any atom is -0.349 e. The van der Waals surface area contributed by atoms with Crippen LogP contribution in [0.1, 0.15) is 28.3 Å². The molecule has 1 aromatic heterocycles. The highest BCUT2D eigenvalue weighted by Gasteiger charge is 2.20. The summed E-state index contributed by atoms with van der Waals surface area (Å²) in [6, 6.07) is 19.2. The van der Waals surface area contributed by atoms with Crippen molar-refractivity contribution in [2.75, 3.05) is 26.2 Å². The highest BCUT2D eigenvalue weighted by molar-refractivity contribution is 14.0. The summed E-state index contributed by atoms with van der Waals surface area (Å²) in [4.78, 5) is 9.83. The van der Waals surface area contributed by atoms with Gasteiger partial charge in [0.05, 0.1) is 13.1 Å². The zero-order valence-electron chi connectivity index (χ0n) is 19.7. The average molecular weight is 560 g/mol. The molecule has 0 amide bonds. The average Bonchev–Trinajstić information content (AvgIpc) is 3.13. The number of aromatic nitrogens is 3. The molecule has 1 aliphatic rings. The highest BCUT2D eigenvalue weighted by Crippen LogP contribution is 2.11. The number of rotatable bonds is 6. The molecule has 1 N–H and O–H groups in total. The Morgan fingerprint density at radius 1 is 0.939 bits per heavy atom. The molecule has 8 heteroatoms. The van der Waals surface area contributed by atoms with Gasteiger partial charge in [-0.05, 0) is 25.0 Å². The molecule has 33 heavy (non-hydrogen) atoms. The van der Waals surface area contributed by atoms with Gasteiger partial charge in [-0.25, -0.2) is 4.99 Å². The number of nitrogens with one attached hydrogen (secondary N) is 1. The molecule has 0 bridgehead atoms. The number of aryl methyl sites for hydroxylation is 2. The van der Waals surface area contributed by atoms with Gasteiger partial charge in [0, 0.05) is 39.8 Å². The van der Waals surface area contributed by atoms with E-state index >= 15 is 0 Å². The molecular formula is C25H34IN7. The number of hydrogen-bond donors (Lipinski definition) is 1. The van der Waals surface area contributed by atoms with Gasteiger partial charge in [-0.15, -0.1) is 34.2 Å². The van der Waals surface area contributed by atoms with Crippen molar-refractivity contribution in [3.8, 4) is 0 Å². The second kappa shape index (κ2) is 12.1. The van der Waals surface area contributed by atoms with Crippen LogP contribution in [0.2, 0.25) is 0 Å².